The molecule has 108 valence electrons. The van der Waals surface area contributed by atoms with E-state index in [1.54, 1.807) is 11.3 Å². The van der Waals surface area contributed by atoms with Gasteiger partial charge in [-0.3, -0.25) is 0 Å². The second-order valence-electron chi connectivity index (χ2n) is 5.36. The number of fused-ring (bicyclic) bond motifs is 2. The van der Waals surface area contributed by atoms with Gasteiger partial charge in [0.05, 0.1) is 16.8 Å². The normalized spacial score (nSPS) is 15.4. The molecule has 1 aliphatic rings. The average molecular weight is 307 g/mol. The number of benzene rings is 1. The number of carboxylic acids is 1. The second kappa shape index (κ2) is 5.07. The molecule has 4 rings (SSSR count). The molecule has 0 bridgehead atoms. The topological polar surface area (TPSA) is 50.2 Å². The third-order valence-corrected chi connectivity index (χ3v) is 4.74. The molecule has 0 amide bonds. The van der Waals surface area contributed by atoms with Crippen molar-refractivity contribution >= 4 is 39.9 Å². The highest BCUT2D eigenvalue weighted by atomic mass is 32.1. The van der Waals surface area contributed by atoms with Gasteiger partial charge in [-0.05, 0) is 58.5 Å². The molecule has 0 fully saturated rings. The first-order chi connectivity index (χ1) is 10.7. The molecule has 1 aliphatic carbocycles. The maximum absolute atomic E-state index is 11.8. The van der Waals surface area contributed by atoms with Crippen molar-refractivity contribution in [2.24, 2.45) is 0 Å². The predicted octanol–water partition coefficient (Wildman–Crippen LogP) is 4.48. The molecule has 1 aromatic carbocycles. The Balaban J connectivity index is 1.99. The third kappa shape index (κ3) is 2.04. The van der Waals surface area contributed by atoms with E-state index in [1.807, 2.05) is 29.6 Å². The number of carboxylic acid groups (broad SMARTS) is 1. The lowest BCUT2D eigenvalue weighted by Crippen LogP contribution is -2.05. The highest BCUT2D eigenvalue weighted by Crippen LogP contribution is 2.37. The molecule has 0 aliphatic heterocycles. The van der Waals surface area contributed by atoms with Crippen molar-refractivity contribution in [1.82, 2.24) is 4.98 Å². The molecule has 2 heterocycles. The molecule has 0 spiro atoms. The summed E-state index contributed by atoms with van der Waals surface area (Å²) in [7, 11) is 0. The average Bonchev–Trinajstić information content (AvgIpc) is 3.15. The van der Waals surface area contributed by atoms with Crippen LogP contribution in [0.3, 0.4) is 0 Å². The summed E-state index contributed by atoms with van der Waals surface area (Å²) in [5.41, 5.74) is 5.16. The van der Waals surface area contributed by atoms with Gasteiger partial charge in [0.2, 0.25) is 0 Å². The molecular formula is C18H13NO2S. The summed E-state index contributed by atoms with van der Waals surface area (Å²) in [6, 6.07) is 9.54. The Morgan fingerprint density at radius 2 is 2.09 bits per heavy atom. The van der Waals surface area contributed by atoms with Gasteiger partial charge in [0.15, 0.2) is 0 Å². The lowest BCUT2D eigenvalue weighted by molar-refractivity contribution is 0.0698. The Morgan fingerprint density at radius 3 is 2.86 bits per heavy atom. The minimum Gasteiger partial charge on any atom is -0.478 e. The molecule has 4 heteroatoms. The summed E-state index contributed by atoms with van der Waals surface area (Å²) < 4.78 is 0. The lowest BCUT2D eigenvalue weighted by Gasteiger charge is -2.09. The van der Waals surface area contributed by atoms with Crippen LogP contribution in [0, 0.1) is 0 Å². The quantitative estimate of drug-likeness (QED) is 0.759. The van der Waals surface area contributed by atoms with Crippen molar-refractivity contribution in [2.45, 2.75) is 12.8 Å². The zero-order valence-electron chi connectivity index (χ0n) is 11.7. The van der Waals surface area contributed by atoms with Crippen LogP contribution in [0.2, 0.25) is 0 Å². The van der Waals surface area contributed by atoms with E-state index in [4.69, 9.17) is 4.98 Å². The standard InChI is InChI=1S/C18H13NO2S/c20-18(21)16-13-3-1-2-4-15(13)19-17-12(5-6-14(16)17)9-11-7-8-22-10-11/h1-4,7-10H,5-6H2,(H,20,21)/b12-9+. The molecule has 2 aromatic heterocycles. The largest absolute Gasteiger partial charge is 0.478 e. The number of hydrogen-bond donors (Lipinski definition) is 1. The number of nitrogens with zero attached hydrogens (tertiary/aromatic N) is 1. The van der Waals surface area contributed by atoms with Crippen LogP contribution in [0.15, 0.2) is 41.1 Å². The van der Waals surface area contributed by atoms with Crippen molar-refractivity contribution in [1.29, 1.82) is 0 Å². The minimum atomic E-state index is -0.869. The Labute approximate surface area is 131 Å². The van der Waals surface area contributed by atoms with Gasteiger partial charge >= 0.3 is 5.97 Å². The first kappa shape index (κ1) is 13.2. The van der Waals surface area contributed by atoms with Crippen LogP contribution in [-0.2, 0) is 6.42 Å². The van der Waals surface area contributed by atoms with Crippen molar-refractivity contribution in [3.8, 4) is 0 Å². The number of thiophene rings is 1. The number of aromatic carboxylic acids is 1. The van der Waals surface area contributed by atoms with E-state index in [9.17, 15) is 9.90 Å². The van der Waals surface area contributed by atoms with Crippen molar-refractivity contribution in [2.75, 3.05) is 0 Å². The van der Waals surface area contributed by atoms with Gasteiger partial charge in [0.25, 0.3) is 0 Å². The predicted molar refractivity (Wildman–Crippen MR) is 89.2 cm³/mol. The van der Waals surface area contributed by atoms with E-state index in [0.29, 0.717) is 5.56 Å². The van der Waals surface area contributed by atoms with E-state index in [-0.39, 0.29) is 0 Å². The summed E-state index contributed by atoms with van der Waals surface area (Å²) >= 11 is 1.66. The number of rotatable bonds is 2. The number of pyridine rings is 1. The van der Waals surface area contributed by atoms with Gasteiger partial charge in [-0.25, -0.2) is 9.78 Å². The Morgan fingerprint density at radius 1 is 1.23 bits per heavy atom. The van der Waals surface area contributed by atoms with Crippen LogP contribution in [0.5, 0.6) is 0 Å². The van der Waals surface area contributed by atoms with Crippen molar-refractivity contribution in [3.63, 3.8) is 0 Å². The lowest BCUT2D eigenvalue weighted by atomic mass is 10.0. The fraction of sp³-hybridized carbons (Fsp3) is 0.111. The van der Waals surface area contributed by atoms with E-state index < -0.39 is 5.97 Å². The number of hydrogen-bond acceptors (Lipinski definition) is 3. The smallest absolute Gasteiger partial charge is 0.336 e. The molecule has 22 heavy (non-hydrogen) atoms. The summed E-state index contributed by atoms with van der Waals surface area (Å²) in [4.78, 5) is 16.5. The fourth-order valence-electron chi connectivity index (χ4n) is 3.08. The zero-order valence-corrected chi connectivity index (χ0v) is 12.6. The summed E-state index contributed by atoms with van der Waals surface area (Å²) in [5.74, 6) is -0.869. The zero-order chi connectivity index (χ0) is 15.1. The molecule has 3 aromatic rings. The summed E-state index contributed by atoms with van der Waals surface area (Å²) in [5, 5.41) is 14.5. The first-order valence-electron chi connectivity index (χ1n) is 7.12. The van der Waals surface area contributed by atoms with Gasteiger partial charge in [-0.15, -0.1) is 0 Å². The highest BCUT2D eigenvalue weighted by Gasteiger charge is 2.26. The van der Waals surface area contributed by atoms with Crippen LogP contribution in [0.25, 0.3) is 22.6 Å². The van der Waals surface area contributed by atoms with Gasteiger partial charge in [-0.2, -0.15) is 11.3 Å². The van der Waals surface area contributed by atoms with Crippen molar-refractivity contribution < 1.29 is 9.90 Å². The van der Waals surface area contributed by atoms with Gasteiger partial charge in [0.1, 0.15) is 0 Å². The van der Waals surface area contributed by atoms with Gasteiger partial charge < -0.3 is 5.11 Å². The number of carbonyl (C=O) groups is 1. The molecule has 0 unspecified atom stereocenters. The molecule has 0 atom stereocenters. The van der Waals surface area contributed by atoms with Crippen LogP contribution >= 0.6 is 11.3 Å². The number of para-hydroxylation sites is 1. The van der Waals surface area contributed by atoms with Gasteiger partial charge in [0, 0.05) is 5.39 Å². The summed E-state index contributed by atoms with van der Waals surface area (Å²) in [6.07, 6.45) is 3.70. The Bertz CT molecular complexity index is 910. The number of allylic oxidation sites excluding steroid dienone is 1. The maximum atomic E-state index is 11.8. The fourth-order valence-corrected chi connectivity index (χ4v) is 3.70. The van der Waals surface area contributed by atoms with Gasteiger partial charge in [-0.1, -0.05) is 18.2 Å². The van der Waals surface area contributed by atoms with E-state index in [0.717, 1.165) is 46.1 Å². The molecule has 0 saturated carbocycles. The number of aromatic nitrogens is 1. The molecule has 1 N–H and O–H groups in total. The summed E-state index contributed by atoms with van der Waals surface area (Å²) in [6.45, 7) is 0. The van der Waals surface area contributed by atoms with E-state index >= 15 is 0 Å². The van der Waals surface area contributed by atoms with E-state index in [2.05, 4.69) is 17.5 Å². The van der Waals surface area contributed by atoms with E-state index in [1.165, 1.54) is 0 Å². The van der Waals surface area contributed by atoms with Crippen LogP contribution in [0.4, 0.5) is 0 Å². The molecule has 0 saturated heterocycles. The van der Waals surface area contributed by atoms with Crippen LogP contribution < -0.4 is 0 Å². The minimum absolute atomic E-state index is 0.411. The molecular weight excluding hydrogens is 294 g/mol. The highest BCUT2D eigenvalue weighted by molar-refractivity contribution is 7.08. The van der Waals surface area contributed by atoms with Crippen molar-refractivity contribution in [3.05, 3.63) is 63.5 Å². The second-order valence-corrected chi connectivity index (χ2v) is 6.14. The molecule has 0 radical (unpaired) electrons. The monoisotopic (exact) mass is 307 g/mol. The Kier molecular flexibility index (Phi) is 3.05. The van der Waals surface area contributed by atoms with Crippen LogP contribution in [-0.4, -0.2) is 16.1 Å². The SMILES string of the molecule is O=C(O)c1c2c(nc3ccccc13)/C(=C/c1ccsc1)CC2. The maximum Gasteiger partial charge on any atom is 0.336 e. The Hall–Kier alpha value is -2.46. The third-order valence-electron chi connectivity index (χ3n) is 4.04. The van der Waals surface area contributed by atoms with Crippen LogP contribution in [0.1, 0.15) is 33.6 Å². The first-order valence-corrected chi connectivity index (χ1v) is 8.06. The molecule has 3 nitrogen and oxygen atoms in total.